The molecule has 0 aliphatic carbocycles. The topological polar surface area (TPSA) is 109 Å². The molecule has 0 fully saturated rings. The molecular weight excluding hydrogens is 294 g/mol. The van der Waals surface area contributed by atoms with Gasteiger partial charge in [-0.1, -0.05) is 6.92 Å². The van der Waals surface area contributed by atoms with Crippen LogP contribution in [0.1, 0.15) is 12.5 Å². The van der Waals surface area contributed by atoms with E-state index in [1.54, 1.807) is 12.1 Å². The zero-order chi connectivity index (χ0) is 15.3. The van der Waals surface area contributed by atoms with Crippen LogP contribution in [0.4, 0.5) is 5.69 Å². The van der Waals surface area contributed by atoms with Crippen LogP contribution in [0.25, 0.3) is 0 Å². The van der Waals surface area contributed by atoms with Gasteiger partial charge in [-0.2, -0.15) is 13.5 Å². The van der Waals surface area contributed by atoms with Gasteiger partial charge in [0.05, 0.1) is 25.2 Å². The van der Waals surface area contributed by atoms with Crippen molar-refractivity contribution < 1.29 is 13.2 Å². The lowest BCUT2D eigenvalue weighted by atomic mass is 10.3. The maximum Gasteiger partial charge on any atom is 0.279 e. The molecule has 8 nitrogen and oxygen atoms in total. The number of anilines is 1. The number of ether oxygens (including phenoxy) is 1. The van der Waals surface area contributed by atoms with Crippen LogP contribution in [0.2, 0.25) is 0 Å². The number of nitrogens with one attached hydrogen (secondary N) is 3. The third kappa shape index (κ3) is 3.70. The van der Waals surface area contributed by atoms with Gasteiger partial charge in [-0.25, -0.2) is 4.98 Å². The highest BCUT2D eigenvalue weighted by Crippen LogP contribution is 2.18. The molecule has 114 valence electrons. The first-order valence-corrected chi connectivity index (χ1v) is 7.81. The molecule has 0 aromatic carbocycles. The molecule has 0 saturated heterocycles. The van der Waals surface area contributed by atoms with Gasteiger partial charge in [-0.15, -0.1) is 0 Å². The van der Waals surface area contributed by atoms with Crippen molar-refractivity contribution in [2.75, 3.05) is 18.4 Å². The van der Waals surface area contributed by atoms with E-state index in [9.17, 15) is 8.42 Å². The van der Waals surface area contributed by atoms with E-state index < -0.39 is 10.0 Å². The average Bonchev–Trinajstić information content (AvgIpc) is 2.95. The molecule has 2 aromatic rings. The zero-order valence-electron chi connectivity index (χ0n) is 11.8. The van der Waals surface area contributed by atoms with E-state index in [2.05, 4.69) is 25.2 Å². The Morgan fingerprint density at radius 1 is 1.33 bits per heavy atom. The van der Waals surface area contributed by atoms with E-state index in [0.717, 1.165) is 6.54 Å². The van der Waals surface area contributed by atoms with E-state index in [-0.39, 0.29) is 5.03 Å². The highest BCUT2D eigenvalue weighted by Gasteiger charge is 2.20. The molecule has 9 heteroatoms. The second-order valence-corrected chi connectivity index (χ2v) is 5.82. The maximum absolute atomic E-state index is 12.3. The van der Waals surface area contributed by atoms with Crippen molar-refractivity contribution in [2.24, 2.45) is 0 Å². The summed E-state index contributed by atoms with van der Waals surface area (Å²) in [6.07, 6.45) is 2.88. The Bertz CT molecular complexity index is 681. The molecular formula is C12H17N5O3S. The lowest BCUT2D eigenvalue weighted by Crippen LogP contribution is -2.18. The third-order valence-electron chi connectivity index (χ3n) is 2.71. The van der Waals surface area contributed by atoms with Crippen LogP contribution >= 0.6 is 0 Å². The largest absolute Gasteiger partial charge is 0.481 e. The average molecular weight is 311 g/mol. The van der Waals surface area contributed by atoms with Crippen molar-refractivity contribution in [3.8, 4) is 5.88 Å². The first-order chi connectivity index (χ1) is 10.1. The van der Waals surface area contributed by atoms with E-state index >= 15 is 0 Å². The Morgan fingerprint density at radius 2 is 2.14 bits per heavy atom. The fourth-order valence-corrected chi connectivity index (χ4v) is 2.86. The number of methoxy groups -OCH3 is 1. The highest BCUT2D eigenvalue weighted by atomic mass is 32.2. The Kier molecular flexibility index (Phi) is 4.76. The predicted octanol–water partition coefficient (Wildman–Crippen LogP) is 0.724. The van der Waals surface area contributed by atoms with E-state index in [4.69, 9.17) is 4.74 Å². The molecule has 0 spiro atoms. The summed E-state index contributed by atoms with van der Waals surface area (Å²) in [5.74, 6) is 0.410. The summed E-state index contributed by atoms with van der Waals surface area (Å²) in [5.41, 5.74) is 0.922. The molecule has 0 saturated carbocycles. The van der Waals surface area contributed by atoms with Gasteiger partial charge in [0.15, 0.2) is 5.03 Å². The van der Waals surface area contributed by atoms with Gasteiger partial charge < -0.3 is 10.1 Å². The van der Waals surface area contributed by atoms with Crippen LogP contribution in [0.3, 0.4) is 0 Å². The lowest BCUT2D eigenvalue weighted by Gasteiger charge is -2.08. The molecule has 2 rings (SSSR count). The Labute approximate surface area is 123 Å². The smallest absolute Gasteiger partial charge is 0.279 e. The van der Waals surface area contributed by atoms with Gasteiger partial charge in [0.25, 0.3) is 10.0 Å². The number of sulfonamides is 1. The molecule has 0 radical (unpaired) electrons. The van der Waals surface area contributed by atoms with Crippen LogP contribution < -0.4 is 14.8 Å². The molecule has 2 heterocycles. The predicted molar refractivity (Wildman–Crippen MR) is 77.6 cm³/mol. The molecule has 3 N–H and O–H groups in total. The summed E-state index contributed by atoms with van der Waals surface area (Å²) in [5, 5.41) is 9.40. The van der Waals surface area contributed by atoms with E-state index in [1.165, 1.54) is 19.5 Å². The van der Waals surface area contributed by atoms with Crippen LogP contribution in [-0.2, 0) is 16.6 Å². The minimum Gasteiger partial charge on any atom is -0.481 e. The summed E-state index contributed by atoms with van der Waals surface area (Å²) in [4.78, 5) is 3.95. The Morgan fingerprint density at radius 3 is 2.76 bits per heavy atom. The standard InChI is InChI=1S/C12H17N5O3S/c1-3-13-6-9-7-15-16-12(9)21(18,19)17-10-4-5-11(20-2)14-8-10/h4-5,7-8,13,17H,3,6H2,1-2H3,(H,15,16). The van der Waals surface area contributed by atoms with Crippen molar-refractivity contribution in [3.63, 3.8) is 0 Å². The highest BCUT2D eigenvalue weighted by molar-refractivity contribution is 7.92. The van der Waals surface area contributed by atoms with Crippen LogP contribution in [0, 0.1) is 0 Å². The van der Waals surface area contributed by atoms with E-state index in [0.29, 0.717) is 23.7 Å². The number of rotatable bonds is 7. The number of pyridine rings is 1. The molecule has 0 unspecified atom stereocenters. The molecule has 0 atom stereocenters. The monoisotopic (exact) mass is 311 g/mol. The van der Waals surface area contributed by atoms with Crippen molar-refractivity contribution in [1.82, 2.24) is 20.5 Å². The Hall–Kier alpha value is -2.13. The summed E-state index contributed by atoms with van der Waals surface area (Å²) in [6, 6.07) is 3.15. The van der Waals surface area contributed by atoms with Gasteiger partial charge in [0.1, 0.15) is 0 Å². The Balaban J connectivity index is 2.19. The number of aromatic amines is 1. The SMILES string of the molecule is CCNCc1cn[nH]c1S(=O)(=O)Nc1ccc(OC)nc1. The lowest BCUT2D eigenvalue weighted by molar-refractivity contribution is 0.398. The number of hydrogen-bond donors (Lipinski definition) is 3. The van der Waals surface area contributed by atoms with Gasteiger partial charge in [-0.3, -0.25) is 9.82 Å². The number of H-pyrrole nitrogens is 1. The third-order valence-corrected chi connectivity index (χ3v) is 4.11. The summed E-state index contributed by atoms with van der Waals surface area (Å²) < 4.78 is 32.0. The number of nitrogens with zero attached hydrogens (tertiary/aromatic N) is 2. The first-order valence-electron chi connectivity index (χ1n) is 6.32. The second kappa shape index (κ2) is 6.55. The van der Waals surface area contributed by atoms with Gasteiger partial charge in [0.2, 0.25) is 5.88 Å². The number of aromatic nitrogens is 3. The maximum atomic E-state index is 12.3. The molecule has 0 bridgehead atoms. The normalized spacial score (nSPS) is 11.3. The minimum absolute atomic E-state index is 0.0410. The quantitative estimate of drug-likeness (QED) is 0.695. The van der Waals surface area contributed by atoms with Crippen LogP contribution in [0.15, 0.2) is 29.6 Å². The van der Waals surface area contributed by atoms with Gasteiger partial charge in [-0.05, 0) is 12.6 Å². The fraction of sp³-hybridized carbons (Fsp3) is 0.333. The van der Waals surface area contributed by atoms with Gasteiger partial charge >= 0.3 is 0 Å². The molecule has 0 aliphatic heterocycles. The van der Waals surface area contributed by atoms with Crippen molar-refractivity contribution in [2.45, 2.75) is 18.5 Å². The molecule has 0 aliphatic rings. The van der Waals surface area contributed by atoms with Crippen LogP contribution in [0.5, 0.6) is 5.88 Å². The number of hydrogen-bond acceptors (Lipinski definition) is 6. The fourth-order valence-electron chi connectivity index (χ4n) is 1.69. The molecule has 0 amide bonds. The van der Waals surface area contributed by atoms with Gasteiger partial charge in [0, 0.05) is 18.2 Å². The summed E-state index contributed by atoms with van der Waals surface area (Å²) in [6.45, 7) is 3.10. The molecule has 2 aromatic heterocycles. The van der Waals surface area contributed by atoms with E-state index in [1.807, 2.05) is 6.92 Å². The molecule has 21 heavy (non-hydrogen) atoms. The van der Waals surface area contributed by atoms with Crippen LogP contribution in [-0.4, -0.2) is 37.3 Å². The summed E-state index contributed by atoms with van der Waals surface area (Å²) >= 11 is 0. The van der Waals surface area contributed by atoms with Crippen molar-refractivity contribution in [3.05, 3.63) is 30.1 Å². The minimum atomic E-state index is -3.74. The summed E-state index contributed by atoms with van der Waals surface area (Å²) in [7, 11) is -2.25. The first kappa shape index (κ1) is 15.3. The second-order valence-electron chi connectivity index (χ2n) is 4.20. The van der Waals surface area contributed by atoms with Crippen molar-refractivity contribution in [1.29, 1.82) is 0 Å². The van der Waals surface area contributed by atoms with Crippen molar-refractivity contribution >= 4 is 15.7 Å². The zero-order valence-corrected chi connectivity index (χ0v) is 12.6.